The molecule has 0 aliphatic rings. The Bertz CT molecular complexity index is 527. The number of nitrogens with two attached hydrogens (primary N) is 1. The van der Waals surface area contributed by atoms with Gasteiger partial charge in [0.2, 0.25) is 15.9 Å². The molecule has 1 amide bonds. The highest BCUT2D eigenvalue weighted by atomic mass is 32.2. The number of rotatable bonds is 8. The van der Waals surface area contributed by atoms with E-state index in [2.05, 4.69) is 5.32 Å². The molecular formula is C12H18N2O5S. The third-order valence-electron chi connectivity index (χ3n) is 2.41. The minimum Gasteiger partial charge on any atom is -0.382 e. The van der Waals surface area contributed by atoms with Crippen LogP contribution in [0.15, 0.2) is 29.2 Å². The van der Waals surface area contributed by atoms with Crippen molar-refractivity contribution >= 4 is 15.9 Å². The molecule has 0 saturated heterocycles. The first-order valence-corrected chi connectivity index (χ1v) is 7.43. The number of ether oxygens (including phenoxy) is 2. The number of methoxy groups -OCH3 is 1. The first kappa shape index (κ1) is 16.6. The molecule has 0 bridgehead atoms. The smallest absolute Gasteiger partial charge is 0.246 e. The minimum absolute atomic E-state index is 0.0375. The summed E-state index contributed by atoms with van der Waals surface area (Å²) in [6.07, 6.45) is 0. The van der Waals surface area contributed by atoms with Crippen molar-refractivity contribution in [2.75, 3.05) is 26.9 Å². The summed E-state index contributed by atoms with van der Waals surface area (Å²) in [7, 11) is -2.14. The molecule has 0 radical (unpaired) electrons. The normalized spacial score (nSPS) is 11.3. The average molecular weight is 302 g/mol. The molecule has 1 aromatic carbocycles. The van der Waals surface area contributed by atoms with Gasteiger partial charge < -0.3 is 14.8 Å². The zero-order valence-corrected chi connectivity index (χ0v) is 12.0. The highest BCUT2D eigenvalue weighted by Gasteiger charge is 2.07. The second kappa shape index (κ2) is 7.95. The van der Waals surface area contributed by atoms with Gasteiger partial charge in [-0.3, -0.25) is 4.79 Å². The van der Waals surface area contributed by atoms with Crippen LogP contribution in [-0.2, 0) is 30.8 Å². The molecule has 0 spiro atoms. The molecule has 1 rings (SSSR count). The Kier molecular flexibility index (Phi) is 6.59. The van der Waals surface area contributed by atoms with Crippen molar-refractivity contribution < 1.29 is 22.7 Å². The van der Waals surface area contributed by atoms with Gasteiger partial charge in [0.1, 0.15) is 6.61 Å². The SMILES string of the molecule is COCCOCC(=O)NCc1ccc(S(N)(=O)=O)cc1. The van der Waals surface area contributed by atoms with Crippen LogP contribution in [0.4, 0.5) is 0 Å². The van der Waals surface area contributed by atoms with E-state index in [1.54, 1.807) is 19.2 Å². The number of sulfonamides is 1. The average Bonchev–Trinajstić information content (AvgIpc) is 2.41. The molecule has 0 aliphatic carbocycles. The molecule has 1 aromatic rings. The van der Waals surface area contributed by atoms with Gasteiger partial charge in [-0.25, -0.2) is 13.6 Å². The molecule has 20 heavy (non-hydrogen) atoms. The Labute approximate surface area is 118 Å². The summed E-state index contributed by atoms with van der Waals surface area (Å²) in [6.45, 7) is 1.03. The van der Waals surface area contributed by atoms with Gasteiger partial charge in [0.05, 0.1) is 18.1 Å². The molecule has 0 saturated carbocycles. The predicted molar refractivity (Wildman–Crippen MR) is 72.4 cm³/mol. The lowest BCUT2D eigenvalue weighted by Gasteiger charge is -2.06. The van der Waals surface area contributed by atoms with Gasteiger partial charge in [-0.1, -0.05) is 12.1 Å². The van der Waals surface area contributed by atoms with Crippen LogP contribution in [0.2, 0.25) is 0 Å². The summed E-state index contributed by atoms with van der Waals surface area (Å²) < 4.78 is 32.0. The first-order chi connectivity index (χ1) is 9.43. The molecule has 112 valence electrons. The zero-order valence-electron chi connectivity index (χ0n) is 11.2. The maximum Gasteiger partial charge on any atom is 0.246 e. The second-order valence-corrected chi connectivity index (χ2v) is 5.57. The minimum atomic E-state index is -3.69. The van der Waals surface area contributed by atoms with Gasteiger partial charge in [0, 0.05) is 13.7 Å². The summed E-state index contributed by atoms with van der Waals surface area (Å²) in [5.41, 5.74) is 0.766. The van der Waals surface area contributed by atoms with E-state index < -0.39 is 10.0 Å². The standard InChI is InChI=1S/C12H18N2O5S/c1-18-6-7-19-9-12(15)14-8-10-2-4-11(5-3-10)20(13,16)17/h2-5H,6-9H2,1H3,(H,14,15)(H2,13,16,17). The number of hydrogen-bond acceptors (Lipinski definition) is 5. The van der Waals surface area contributed by atoms with Crippen LogP contribution in [0.25, 0.3) is 0 Å². The van der Waals surface area contributed by atoms with E-state index >= 15 is 0 Å². The Balaban J connectivity index is 2.37. The lowest BCUT2D eigenvalue weighted by Crippen LogP contribution is -2.27. The number of hydrogen-bond donors (Lipinski definition) is 2. The Morgan fingerprint density at radius 1 is 1.25 bits per heavy atom. The van der Waals surface area contributed by atoms with E-state index in [9.17, 15) is 13.2 Å². The number of benzene rings is 1. The van der Waals surface area contributed by atoms with Gasteiger partial charge in [0.15, 0.2) is 0 Å². The number of amides is 1. The van der Waals surface area contributed by atoms with Crippen LogP contribution in [0.3, 0.4) is 0 Å². The molecule has 3 N–H and O–H groups in total. The zero-order chi connectivity index (χ0) is 15.0. The number of nitrogens with one attached hydrogen (secondary N) is 1. The van der Waals surface area contributed by atoms with Crippen LogP contribution in [-0.4, -0.2) is 41.3 Å². The molecule has 0 aliphatic heterocycles. The molecular weight excluding hydrogens is 284 g/mol. The van der Waals surface area contributed by atoms with E-state index in [1.807, 2.05) is 0 Å². The first-order valence-electron chi connectivity index (χ1n) is 5.88. The maximum absolute atomic E-state index is 11.4. The third kappa shape index (κ3) is 6.11. The third-order valence-corrected chi connectivity index (χ3v) is 3.34. The van der Waals surface area contributed by atoms with E-state index in [0.717, 1.165) is 5.56 Å². The van der Waals surface area contributed by atoms with Gasteiger partial charge >= 0.3 is 0 Å². The highest BCUT2D eigenvalue weighted by molar-refractivity contribution is 7.89. The van der Waals surface area contributed by atoms with Crippen molar-refractivity contribution in [3.05, 3.63) is 29.8 Å². The summed E-state index contributed by atoms with van der Waals surface area (Å²) in [4.78, 5) is 11.5. The molecule has 0 unspecified atom stereocenters. The van der Waals surface area contributed by atoms with Crippen molar-refractivity contribution in [3.63, 3.8) is 0 Å². The van der Waals surface area contributed by atoms with E-state index in [4.69, 9.17) is 14.6 Å². The van der Waals surface area contributed by atoms with Crippen LogP contribution in [0, 0.1) is 0 Å². The van der Waals surface area contributed by atoms with Crippen molar-refractivity contribution in [2.45, 2.75) is 11.4 Å². The number of primary sulfonamides is 1. The largest absolute Gasteiger partial charge is 0.382 e. The Hall–Kier alpha value is -1.48. The van der Waals surface area contributed by atoms with Crippen molar-refractivity contribution in [1.82, 2.24) is 5.32 Å². The van der Waals surface area contributed by atoms with E-state index in [0.29, 0.717) is 13.2 Å². The summed E-state index contributed by atoms with van der Waals surface area (Å²) >= 11 is 0. The Morgan fingerprint density at radius 3 is 2.45 bits per heavy atom. The molecule has 0 fully saturated rings. The topological polar surface area (TPSA) is 108 Å². The van der Waals surface area contributed by atoms with Gasteiger partial charge in [0.25, 0.3) is 0 Å². The van der Waals surface area contributed by atoms with Crippen LogP contribution in [0.1, 0.15) is 5.56 Å². The molecule has 7 nitrogen and oxygen atoms in total. The van der Waals surface area contributed by atoms with Crippen LogP contribution < -0.4 is 10.5 Å². The molecule has 0 aromatic heterocycles. The fourth-order valence-corrected chi connectivity index (χ4v) is 1.87. The molecule has 8 heteroatoms. The second-order valence-electron chi connectivity index (χ2n) is 4.01. The van der Waals surface area contributed by atoms with E-state index in [-0.39, 0.29) is 24.0 Å². The fraction of sp³-hybridized carbons (Fsp3) is 0.417. The molecule has 0 heterocycles. The predicted octanol–water partition coefficient (Wildman–Crippen LogP) is -0.387. The van der Waals surface area contributed by atoms with Crippen molar-refractivity contribution in [3.8, 4) is 0 Å². The van der Waals surface area contributed by atoms with E-state index in [1.165, 1.54) is 12.1 Å². The molecule has 0 atom stereocenters. The van der Waals surface area contributed by atoms with Gasteiger partial charge in [-0.15, -0.1) is 0 Å². The monoisotopic (exact) mass is 302 g/mol. The number of carbonyl (C=O) groups is 1. The van der Waals surface area contributed by atoms with Gasteiger partial charge in [-0.05, 0) is 17.7 Å². The van der Waals surface area contributed by atoms with Crippen LogP contribution >= 0.6 is 0 Å². The van der Waals surface area contributed by atoms with Gasteiger partial charge in [-0.2, -0.15) is 0 Å². The summed E-state index contributed by atoms with van der Waals surface area (Å²) in [5, 5.41) is 7.63. The van der Waals surface area contributed by atoms with Crippen molar-refractivity contribution in [1.29, 1.82) is 0 Å². The highest BCUT2D eigenvalue weighted by Crippen LogP contribution is 2.08. The number of carbonyl (C=O) groups excluding carboxylic acids is 1. The van der Waals surface area contributed by atoms with Crippen LogP contribution in [0.5, 0.6) is 0 Å². The quantitative estimate of drug-likeness (QED) is 0.636. The Morgan fingerprint density at radius 2 is 1.90 bits per heavy atom. The van der Waals surface area contributed by atoms with Crippen molar-refractivity contribution in [2.24, 2.45) is 5.14 Å². The lowest BCUT2D eigenvalue weighted by atomic mass is 10.2. The summed E-state index contributed by atoms with van der Waals surface area (Å²) in [5.74, 6) is -0.253. The fourth-order valence-electron chi connectivity index (χ4n) is 1.36. The lowest BCUT2D eigenvalue weighted by molar-refractivity contribution is -0.126. The maximum atomic E-state index is 11.4. The summed E-state index contributed by atoms with van der Waals surface area (Å²) in [6, 6.07) is 5.97.